The van der Waals surface area contributed by atoms with Gasteiger partial charge in [-0.15, -0.1) is 0 Å². The molecule has 0 aromatic carbocycles. The molecule has 1 heterocycles. The molecule has 0 atom stereocenters. The molecule has 1 aromatic heterocycles. The minimum atomic E-state index is 0.190. The van der Waals surface area contributed by atoms with Crippen LogP contribution in [0.15, 0.2) is 6.20 Å². The van der Waals surface area contributed by atoms with Crippen LogP contribution in [0.4, 0.5) is 11.5 Å². The smallest absolute Gasteiger partial charge is 0.174 e. The average Bonchev–Trinajstić information content (AvgIpc) is 2.46. The normalized spacial score (nSPS) is 11.0. The Morgan fingerprint density at radius 3 is 2.67 bits per heavy atom. The van der Waals surface area contributed by atoms with Gasteiger partial charge in [-0.1, -0.05) is 0 Å². The summed E-state index contributed by atoms with van der Waals surface area (Å²) in [7, 11) is 1.85. The van der Waals surface area contributed by atoms with Gasteiger partial charge in [0.1, 0.15) is 0 Å². The zero-order valence-corrected chi connectivity index (χ0v) is 9.64. The molecule has 1 rings (SSSR count). The molecule has 1 aromatic rings. The highest BCUT2D eigenvalue weighted by Crippen LogP contribution is 2.22. The van der Waals surface area contributed by atoms with Crippen molar-refractivity contribution in [1.29, 1.82) is 0 Å². The highest BCUT2D eigenvalue weighted by Gasteiger charge is 2.15. The highest BCUT2D eigenvalue weighted by atomic mass is 16.3. The Labute approximate surface area is 90.5 Å². The average molecular weight is 212 g/mol. The number of nitrogen functional groups attached to an aromatic ring is 1. The Kier molecular flexibility index (Phi) is 3.96. The molecular weight excluding hydrogens is 192 g/mol. The lowest BCUT2D eigenvalue weighted by Gasteiger charge is -2.26. The zero-order chi connectivity index (χ0) is 11.4. The summed E-state index contributed by atoms with van der Waals surface area (Å²) in [5.74, 6) is 0.806. The van der Waals surface area contributed by atoms with Gasteiger partial charge >= 0.3 is 0 Å². The number of anilines is 2. The summed E-state index contributed by atoms with van der Waals surface area (Å²) >= 11 is 0. The molecule has 0 amide bonds. The summed E-state index contributed by atoms with van der Waals surface area (Å²) in [5, 5.41) is 13.2. The third-order valence-electron chi connectivity index (χ3n) is 2.29. The van der Waals surface area contributed by atoms with E-state index in [0.717, 1.165) is 18.8 Å². The Hall–Kier alpha value is -1.23. The van der Waals surface area contributed by atoms with Crippen molar-refractivity contribution in [3.63, 3.8) is 0 Å². The van der Waals surface area contributed by atoms with Crippen LogP contribution in [-0.2, 0) is 7.05 Å². The summed E-state index contributed by atoms with van der Waals surface area (Å²) in [6.45, 7) is 5.14. The van der Waals surface area contributed by atoms with Crippen molar-refractivity contribution in [2.75, 3.05) is 23.8 Å². The van der Waals surface area contributed by atoms with E-state index >= 15 is 0 Å². The van der Waals surface area contributed by atoms with Crippen LogP contribution in [-0.4, -0.2) is 34.1 Å². The molecule has 3 N–H and O–H groups in total. The summed E-state index contributed by atoms with van der Waals surface area (Å²) in [4.78, 5) is 2.10. The summed E-state index contributed by atoms with van der Waals surface area (Å²) < 4.78 is 1.71. The van der Waals surface area contributed by atoms with E-state index in [1.54, 1.807) is 10.9 Å². The molecule has 0 unspecified atom stereocenters. The van der Waals surface area contributed by atoms with E-state index in [9.17, 15) is 0 Å². The molecule has 0 saturated carbocycles. The van der Waals surface area contributed by atoms with Crippen molar-refractivity contribution in [3.8, 4) is 0 Å². The van der Waals surface area contributed by atoms with Crippen molar-refractivity contribution in [2.45, 2.75) is 26.3 Å². The van der Waals surface area contributed by atoms with Gasteiger partial charge in [0.2, 0.25) is 0 Å². The molecular formula is C10H20N4O. The minimum absolute atomic E-state index is 0.190. The summed E-state index contributed by atoms with van der Waals surface area (Å²) in [6.07, 6.45) is 2.53. The van der Waals surface area contributed by atoms with Crippen LogP contribution >= 0.6 is 0 Å². The van der Waals surface area contributed by atoms with E-state index in [1.807, 2.05) is 7.05 Å². The minimum Gasteiger partial charge on any atom is -0.396 e. The number of rotatable bonds is 5. The first kappa shape index (κ1) is 11.8. The van der Waals surface area contributed by atoms with E-state index in [-0.39, 0.29) is 6.61 Å². The lowest BCUT2D eigenvalue weighted by Crippen LogP contribution is -2.33. The van der Waals surface area contributed by atoms with E-state index < -0.39 is 0 Å². The second kappa shape index (κ2) is 5.02. The number of aliphatic hydroxyl groups excluding tert-OH is 1. The zero-order valence-electron chi connectivity index (χ0n) is 9.64. The first-order valence-corrected chi connectivity index (χ1v) is 5.23. The summed E-state index contributed by atoms with van der Waals surface area (Å²) in [6, 6.07) is 0.328. The molecule has 0 fully saturated rings. The Balaban J connectivity index is 2.83. The quantitative estimate of drug-likeness (QED) is 0.750. The third-order valence-corrected chi connectivity index (χ3v) is 2.29. The van der Waals surface area contributed by atoms with Crippen molar-refractivity contribution in [1.82, 2.24) is 9.78 Å². The summed E-state index contributed by atoms with van der Waals surface area (Å²) in [5.41, 5.74) is 6.55. The number of hydrogen-bond acceptors (Lipinski definition) is 4. The first-order valence-electron chi connectivity index (χ1n) is 5.23. The SMILES string of the molecule is CC(C)N(CCCO)c1nn(C)cc1N. The fraction of sp³-hybridized carbons (Fsp3) is 0.700. The predicted molar refractivity (Wildman–Crippen MR) is 61.8 cm³/mol. The fourth-order valence-corrected chi connectivity index (χ4v) is 1.57. The molecule has 86 valence electrons. The van der Waals surface area contributed by atoms with Gasteiger partial charge in [0.15, 0.2) is 5.82 Å². The van der Waals surface area contributed by atoms with E-state index in [2.05, 4.69) is 23.8 Å². The van der Waals surface area contributed by atoms with Crippen LogP contribution in [0.5, 0.6) is 0 Å². The topological polar surface area (TPSA) is 67.3 Å². The van der Waals surface area contributed by atoms with Crippen LogP contribution in [0.3, 0.4) is 0 Å². The maximum absolute atomic E-state index is 8.83. The van der Waals surface area contributed by atoms with Gasteiger partial charge in [-0.25, -0.2) is 0 Å². The molecule has 0 spiro atoms. The van der Waals surface area contributed by atoms with Crippen molar-refractivity contribution in [2.24, 2.45) is 7.05 Å². The van der Waals surface area contributed by atoms with Crippen LogP contribution in [0.1, 0.15) is 20.3 Å². The van der Waals surface area contributed by atoms with Gasteiger partial charge in [0.05, 0.1) is 5.69 Å². The lowest BCUT2D eigenvalue weighted by atomic mass is 10.3. The molecule has 0 bridgehead atoms. The third kappa shape index (κ3) is 2.86. The van der Waals surface area contributed by atoms with Crippen LogP contribution < -0.4 is 10.6 Å². The Morgan fingerprint density at radius 1 is 1.60 bits per heavy atom. The monoisotopic (exact) mass is 212 g/mol. The number of aliphatic hydroxyl groups is 1. The number of aromatic nitrogens is 2. The molecule has 0 saturated heterocycles. The maximum Gasteiger partial charge on any atom is 0.174 e. The number of hydrogen-bond donors (Lipinski definition) is 2. The largest absolute Gasteiger partial charge is 0.396 e. The van der Waals surface area contributed by atoms with Crippen LogP contribution in [0.2, 0.25) is 0 Å². The van der Waals surface area contributed by atoms with Crippen LogP contribution in [0.25, 0.3) is 0 Å². The lowest BCUT2D eigenvalue weighted by molar-refractivity contribution is 0.288. The predicted octanol–water partition coefficient (Wildman–Crippen LogP) is 0.599. The van der Waals surface area contributed by atoms with Gasteiger partial charge in [-0.3, -0.25) is 4.68 Å². The molecule has 0 radical (unpaired) electrons. The number of aryl methyl sites for hydroxylation is 1. The van der Waals surface area contributed by atoms with Crippen molar-refractivity contribution in [3.05, 3.63) is 6.20 Å². The van der Waals surface area contributed by atoms with E-state index in [1.165, 1.54) is 0 Å². The fourth-order valence-electron chi connectivity index (χ4n) is 1.57. The van der Waals surface area contributed by atoms with Crippen molar-refractivity contribution < 1.29 is 5.11 Å². The van der Waals surface area contributed by atoms with E-state index in [0.29, 0.717) is 11.7 Å². The van der Waals surface area contributed by atoms with Gasteiger partial charge in [0.25, 0.3) is 0 Å². The number of nitrogens with two attached hydrogens (primary N) is 1. The molecule has 5 nitrogen and oxygen atoms in total. The van der Waals surface area contributed by atoms with Gasteiger partial charge in [-0.2, -0.15) is 5.10 Å². The van der Waals surface area contributed by atoms with E-state index in [4.69, 9.17) is 10.8 Å². The molecule has 5 heteroatoms. The Bertz CT molecular complexity index is 308. The second-order valence-corrected chi connectivity index (χ2v) is 3.95. The maximum atomic E-state index is 8.83. The van der Waals surface area contributed by atoms with Gasteiger partial charge in [0, 0.05) is 32.4 Å². The van der Waals surface area contributed by atoms with Crippen LogP contribution in [0, 0.1) is 0 Å². The van der Waals surface area contributed by atoms with Gasteiger partial charge in [-0.05, 0) is 20.3 Å². The first-order chi connectivity index (χ1) is 7.06. The molecule has 0 aliphatic carbocycles. The Morgan fingerprint density at radius 2 is 2.27 bits per heavy atom. The van der Waals surface area contributed by atoms with Crippen molar-refractivity contribution >= 4 is 11.5 Å². The molecule has 0 aliphatic heterocycles. The standard InChI is InChI=1S/C10H20N4O/c1-8(2)14(5-4-6-15)10-9(11)7-13(3)12-10/h7-8,15H,4-6,11H2,1-3H3. The highest BCUT2D eigenvalue weighted by molar-refractivity contribution is 5.62. The molecule has 0 aliphatic rings. The molecule has 15 heavy (non-hydrogen) atoms. The van der Waals surface area contributed by atoms with Gasteiger partial charge < -0.3 is 15.7 Å². The number of nitrogens with zero attached hydrogens (tertiary/aromatic N) is 3. The second-order valence-electron chi connectivity index (χ2n) is 3.95.